The normalized spacial score (nSPS) is 31.5. The van der Waals surface area contributed by atoms with E-state index in [1.165, 1.54) is 0 Å². The highest BCUT2D eigenvalue weighted by atomic mass is 32.2. The van der Waals surface area contributed by atoms with E-state index in [-0.39, 0.29) is 0 Å². The first-order valence-electron chi connectivity index (χ1n) is 12.7. The minimum Gasteiger partial charge on any atom is -0.459 e. The molecule has 0 radical (unpaired) electrons. The fourth-order valence-electron chi connectivity index (χ4n) is 6.36. The monoisotopic (exact) mass is 606 g/mol. The molecule has 4 rings (SSSR count). The van der Waals surface area contributed by atoms with Crippen LogP contribution >= 0.6 is 0 Å². The zero-order chi connectivity index (χ0) is 29.8. The molecule has 0 amide bonds. The number of rotatable bonds is 10. The number of hydrogen-bond acceptors (Lipinski definition) is 10. The van der Waals surface area contributed by atoms with Gasteiger partial charge in [-0.25, -0.2) is 0 Å². The number of hydrogen-bond donors (Lipinski definition) is 1. The van der Waals surface area contributed by atoms with Crippen LogP contribution < -0.4 is 0 Å². The molecule has 1 heterocycles. The maximum atomic E-state index is 13.6. The third-order valence-corrected chi connectivity index (χ3v) is 9.19. The Bertz CT molecular complexity index is 1160. The van der Waals surface area contributed by atoms with Crippen molar-refractivity contribution in [3.05, 3.63) is 0 Å². The summed E-state index contributed by atoms with van der Waals surface area (Å²) in [4.78, 5) is 50.0. The molecule has 7 unspecified atom stereocenters. The second-order valence-corrected chi connectivity index (χ2v) is 12.1. The summed E-state index contributed by atoms with van der Waals surface area (Å²) in [5.41, 5.74) is -0.645. The van der Waals surface area contributed by atoms with Crippen molar-refractivity contribution in [1.82, 2.24) is 0 Å². The molecular formula is C23H27F5O11S. The highest BCUT2D eigenvalue weighted by Gasteiger charge is 2.70. The summed E-state index contributed by atoms with van der Waals surface area (Å²) in [6, 6.07) is 0. The van der Waals surface area contributed by atoms with E-state index in [9.17, 15) is 49.5 Å². The van der Waals surface area contributed by atoms with Crippen molar-refractivity contribution in [2.24, 2.45) is 23.7 Å². The second kappa shape index (κ2) is 10.4. The van der Waals surface area contributed by atoms with E-state index in [0.29, 0.717) is 25.7 Å². The van der Waals surface area contributed by atoms with Gasteiger partial charge in [-0.15, -0.1) is 0 Å². The van der Waals surface area contributed by atoms with E-state index >= 15 is 0 Å². The van der Waals surface area contributed by atoms with Gasteiger partial charge in [0.05, 0.1) is 24.7 Å². The van der Waals surface area contributed by atoms with E-state index in [1.54, 1.807) is 0 Å². The third kappa shape index (κ3) is 5.37. The maximum absolute atomic E-state index is 13.6. The quantitative estimate of drug-likeness (QED) is 0.169. The summed E-state index contributed by atoms with van der Waals surface area (Å²) < 4.78 is 116. The van der Waals surface area contributed by atoms with E-state index in [1.807, 2.05) is 6.92 Å². The molecule has 0 aromatic heterocycles. The molecule has 0 spiro atoms. The van der Waals surface area contributed by atoms with Crippen LogP contribution in [0.4, 0.5) is 22.0 Å². The van der Waals surface area contributed by atoms with Crippen molar-refractivity contribution in [3.8, 4) is 0 Å². The summed E-state index contributed by atoms with van der Waals surface area (Å²) >= 11 is 0. The molecule has 11 nitrogen and oxygen atoms in total. The molecule has 40 heavy (non-hydrogen) atoms. The fourth-order valence-corrected chi connectivity index (χ4v) is 6.82. The van der Waals surface area contributed by atoms with Gasteiger partial charge in [0.1, 0.15) is 17.8 Å². The van der Waals surface area contributed by atoms with Gasteiger partial charge in [0, 0.05) is 11.8 Å². The van der Waals surface area contributed by atoms with Gasteiger partial charge in [0.2, 0.25) is 0 Å². The number of ether oxygens (including phenoxy) is 4. The Morgan fingerprint density at radius 1 is 1.07 bits per heavy atom. The smallest absolute Gasteiger partial charge is 0.432 e. The summed E-state index contributed by atoms with van der Waals surface area (Å²) in [7, 11) is -6.62. The first-order chi connectivity index (χ1) is 18.4. The molecule has 3 saturated carbocycles. The Kier molecular flexibility index (Phi) is 7.88. The Morgan fingerprint density at radius 3 is 2.23 bits per heavy atom. The lowest BCUT2D eigenvalue weighted by molar-refractivity contribution is -0.259. The van der Waals surface area contributed by atoms with Crippen molar-refractivity contribution in [2.75, 3.05) is 0 Å². The van der Waals surface area contributed by atoms with Crippen LogP contribution in [-0.2, 0) is 48.2 Å². The molecule has 2 bridgehead atoms. The lowest BCUT2D eigenvalue weighted by atomic mass is 9.78. The first kappa shape index (κ1) is 30.4. The van der Waals surface area contributed by atoms with Crippen molar-refractivity contribution < 1.29 is 73.0 Å². The van der Waals surface area contributed by atoms with Gasteiger partial charge in [-0.3, -0.25) is 23.7 Å². The Labute approximate surface area is 224 Å². The molecule has 1 N–H and O–H groups in total. The largest absolute Gasteiger partial charge is 0.459 e. The first-order valence-corrected chi connectivity index (χ1v) is 14.1. The van der Waals surface area contributed by atoms with Crippen LogP contribution in [0.2, 0.25) is 0 Å². The van der Waals surface area contributed by atoms with Crippen LogP contribution in [0.15, 0.2) is 0 Å². The molecular weight excluding hydrogens is 579 g/mol. The van der Waals surface area contributed by atoms with Gasteiger partial charge in [0.25, 0.3) is 6.10 Å². The molecule has 4 fully saturated rings. The summed E-state index contributed by atoms with van der Waals surface area (Å²) in [6.07, 6.45) is -10.8. The van der Waals surface area contributed by atoms with Gasteiger partial charge >= 0.3 is 45.4 Å². The Morgan fingerprint density at radius 2 is 1.68 bits per heavy atom. The fraction of sp³-hybridized carbons (Fsp3) is 0.826. The minimum atomic E-state index is -6.62. The van der Waals surface area contributed by atoms with E-state index < -0.39 is 106 Å². The molecule has 17 heteroatoms. The molecule has 0 aromatic carbocycles. The zero-order valence-electron chi connectivity index (χ0n) is 21.0. The molecule has 7 atom stereocenters. The van der Waals surface area contributed by atoms with E-state index in [0.717, 1.165) is 12.8 Å². The average molecular weight is 607 g/mol. The molecule has 0 aromatic rings. The zero-order valence-corrected chi connectivity index (χ0v) is 21.8. The SMILES string of the molecule is CCC1(OC(=O)C2C3CC4C(OC(=O)C42)C3OC(=O)CCC(=O)OC(C(F)(F)F)C(F)(F)S(=O)(=O)O)CCCC1. The average Bonchev–Trinajstić information content (AvgIpc) is 3.58. The topological polar surface area (TPSA) is 160 Å². The van der Waals surface area contributed by atoms with Crippen molar-refractivity contribution in [1.29, 1.82) is 0 Å². The summed E-state index contributed by atoms with van der Waals surface area (Å²) in [5.74, 6) is -7.28. The molecule has 4 aliphatic rings. The number of alkyl halides is 5. The van der Waals surface area contributed by atoms with Crippen LogP contribution in [0.1, 0.15) is 58.3 Å². The van der Waals surface area contributed by atoms with Crippen molar-refractivity contribution in [2.45, 2.75) is 93.6 Å². The lowest BCUT2D eigenvalue weighted by Gasteiger charge is -2.34. The van der Waals surface area contributed by atoms with Crippen LogP contribution in [-0.4, -0.2) is 72.2 Å². The Balaban J connectivity index is 1.38. The van der Waals surface area contributed by atoms with Crippen LogP contribution in [0.5, 0.6) is 0 Å². The number of fused-ring (bicyclic) bond motifs is 1. The highest BCUT2D eigenvalue weighted by molar-refractivity contribution is 7.86. The lowest BCUT2D eigenvalue weighted by Crippen LogP contribution is -2.52. The van der Waals surface area contributed by atoms with Crippen molar-refractivity contribution in [3.63, 3.8) is 0 Å². The van der Waals surface area contributed by atoms with Crippen molar-refractivity contribution >= 4 is 34.0 Å². The molecule has 226 valence electrons. The molecule has 1 aliphatic heterocycles. The minimum absolute atomic E-state index is 0.304. The number of halogens is 5. The highest BCUT2D eigenvalue weighted by Crippen LogP contribution is 2.59. The van der Waals surface area contributed by atoms with Gasteiger partial charge in [0.15, 0.2) is 0 Å². The number of carbonyl (C=O) groups excluding carboxylic acids is 4. The number of carbonyl (C=O) groups is 4. The van der Waals surface area contributed by atoms with Gasteiger partial charge < -0.3 is 18.9 Å². The molecule has 3 aliphatic carbocycles. The van der Waals surface area contributed by atoms with Gasteiger partial charge in [-0.2, -0.15) is 30.4 Å². The van der Waals surface area contributed by atoms with Gasteiger partial charge in [-0.1, -0.05) is 6.92 Å². The van der Waals surface area contributed by atoms with Gasteiger partial charge in [-0.05, 0) is 38.5 Å². The van der Waals surface area contributed by atoms with Crippen LogP contribution in [0.3, 0.4) is 0 Å². The standard InChI is InChI=1S/C23H27F5O11S/c1-2-21(7-3-4-8-21)39-19(32)15-11-9-10-14(15)18(31)38-17(10)16(11)36-12(29)5-6-13(30)37-20(22(24,25)26)23(27,28)40(33,34)35/h10-11,14-17,20H,2-9H2,1H3,(H,33,34,35). The van der Waals surface area contributed by atoms with Crippen LogP contribution in [0, 0.1) is 23.7 Å². The third-order valence-electron chi connectivity index (χ3n) is 8.29. The predicted molar refractivity (Wildman–Crippen MR) is 118 cm³/mol. The maximum Gasteiger partial charge on any atom is 0.432 e. The Hall–Kier alpha value is -2.56. The summed E-state index contributed by atoms with van der Waals surface area (Å²) in [5, 5.41) is -5.91. The van der Waals surface area contributed by atoms with E-state index in [4.69, 9.17) is 18.8 Å². The second-order valence-electron chi connectivity index (χ2n) is 10.6. The number of esters is 4. The summed E-state index contributed by atoms with van der Waals surface area (Å²) in [6.45, 7) is 1.88. The van der Waals surface area contributed by atoms with E-state index in [2.05, 4.69) is 4.74 Å². The van der Waals surface area contributed by atoms with Crippen LogP contribution in [0.25, 0.3) is 0 Å². The predicted octanol–water partition coefficient (Wildman–Crippen LogP) is 2.71. The molecule has 1 saturated heterocycles.